The second-order valence-corrected chi connectivity index (χ2v) is 4.43. The first kappa shape index (κ1) is 11.7. The summed E-state index contributed by atoms with van der Waals surface area (Å²) >= 11 is 5.85. The third kappa shape index (κ3) is 2.19. The number of anilines is 1. The molecule has 1 heterocycles. The quantitative estimate of drug-likeness (QED) is 0.784. The van der Waals surface area contributed by atoms with Crippen LogP contribution in [0, 0.1) is 0 Å². The van der Waals surface area contributed by atoms with Crippen LogP contribution in [-0.2, 0) is 4.79 Å². The van der Waals surface area contributed by atoms with Crippen LogP contribution in [0.4, 0.5) is 5.69 Å². The van der Waals surface area contributed by atoms with E-state index in [4.69, 9.17) is 16.7 Å². The maximum Gasteiger partial charge on any atom is 0.335 e. The van der Waals surface area contributed by atoms with Gasteiger partial charge < -0.3 is 15.1 Å². The molecule has 17 heavy (non-hydrogen) atoms. The summed E-state index contributed by atoms with van der Waals surface area (Å²) < 4.78 is 0. The second kappa shape index (κ2) is 4.25. The molecule has 1 aromatic carbocycles. The van der Waals surface area contributed by atoms with Crippen molar-refractivity contribution in [3.63, 3.8) is 0 Å². The lowest BCUT2D eigenvalue weighted by molar-refractivity contribution is -0.117. The van der Waals surface area contributed by atoms with Gasteiger partial charge in [0.25, 0.3) is 0 Å². The van der Waals surface area contributed by atoms with Gasteiger partial charge in [-0.05, 0) is 18.2 Å². The lowest BCUT2D eigenvalue weighted by Crippen LogP contribution is -2.24. The van der Waals surface area contributed by atoms with E-state index in [2.05, 4.69) is 0 Å². The number of phenolic OH excluding ortho intramolecular Hbond substituents is 1. The van der Waals surface area contributed by atoms with Crippen molar-refractivity contribution in [3.8, 4) is 5.75 Å². The maximum atomic E-state index is 11.6. The molecule has 1 atom stereocenters. The van der Waals surface area contributed by atoms with E-state index in [9.17, 15) is 14.7 Å². The van der Waals surface area contributed by atoms with Crippen LogP contribution in [0.25, 0.3) is 0 Å². The Morgan fingerprint density at radius 3 is 2.65 bits per heavy atom. The Balaban J connectivity index is 2.34. The summed E-state index contributed by atoms with van der Waals surface area (Å²) in [6.45, 7) is 0.320. The highest BCUT2D eigenvalue weighted by molar-refractivity contribution is 6.24. The van der Waals surface area contributed by atoms with E-state index in [1.165, 1.54) is 17.0 Å². The number of aromatic hydroxyl groups is 1. The molecule has 5 nitrogen and oxygen atoms in total. The van der Waals surface area contributed by atoms with Crippen LogP contribution in [0.1, 0.15) is 16.8 Å². The minimum atomic E-state index is -1.13. The van der Waals surface area contributed by atoms with Gasteiger partial charge in [0.05, 0.1) is 16.6 Å². The molecule has 0 bridgehead atoms. The summed E-state index contributed by atoms with van der Waals surface area (Å²) in [5.41, 5.74) is 0.267. The number of carbonyl (C=O) groups excluding carboxylic acids is 1. The zero-order chi connectivity index (χ0) is 12.6. The molecule has 1 aromatic rings. The standard InChI is InChI=1S/C11H10ClNO4/c12-7-4-10(15)13(5-7)8-2-1-6(11(16)17)3-9(8)14/h1-3,7,14H,4-5H2,(H,16,17). The van der Waals surface area contributed by atoms with Crippen LogP contribution in [0.5, 0.6) is 5.75 Å². The number of hydrogen-bond acceptors (Lipinski definition) is 3. The van der Waals surface area contributed by atoms with Gasteiger partial charge in [0, 0.05) is 13.0 Å². The van der Waals surface area contributed by atoms with E-state index in [-0.39, 0.29) is 29.0 Å². The number of aromatic carboxylic acids is 1. The molecule has 0 aliphatic carbocycles. The first-order chi connectivity index (χ1) is 7.99. The summed E-state index contributed by atoms with van der Waals surface area (Å²) in [5, 5.41) is 18.2. The largest absolute Gasteiger partial charge is 0.506 e. The Hall–Kier alpha value is -1.75. The molecule has 90 valence electrons. The first-order valence-corrected chi connectivity index (χ1v) is 5.43. The van der Waals surface area contributed by atoms with E-state index in [1.807, 2.05) is 0 Å². The van der Waals surface area contributed by atoms with Crippen LogP contribution in [0.15, 0.2) is 18.2 Å². The van der Waals surface area contributed by atoms with Crippen LogP contribution in [0.3, 0.4) is 0 Å². The zero-order valence-electron chi connectivity index (χ0n) is 8.76. The van der Waals surface area contributed by atoms with E-state index < -0.39 is 5.97 Å². The molecule has 1 fully saturated rings. The van der Waals surface area contributed by atoms with E-state index in [0.717, 1.165) is 6.07 Å². The molecule has 6 heteroatoms. The molecular formula is C11H10ClNO4. The molecule has 0 radical (unpaired) electrons. The molecule has 2 N–H and O–H groups in total. The van der Waals surface area contributed by atoms with Crippen LogP contribution in [0.2, 0.25) is 0 Å². The van der Waals surface area contributed by atoms with Crippen LogP contribution >= 0.6 is 11.6 Å². The van der Waals surface area contributed by atoms with Crippen molar-refractivity contribution in [1.29, 1.82) is 0 Å². The fourth-order valence-corrected chi connectivity index (χ4v) is 2.05. The number of rotatable bonds is 2. The van der Waals surface area contributed by atoms with Gasteiger partial charge in [0.15, 0.2) is 0 Å². The van der Waals surface area contributed by atoms with Crippen molar-refractivity contribution in [2.75, 3.05) is 11.4 Å². The number of hydrogen-bond donors (Lipinski definition) is 2. The number of nitrogens with zero attached hydrogens (tertiary/aromatic N) is 1. The fraction of sp³-hybridized carbons (Fsp3) is 0.273. The Bertz CT molecular complexity index is 488. The molecule has 1 saturated heterocycles. The van der Waals surface area contributed by atoms with Crippen molar-refractivity contribution in [2.45, 2.75) is 11.8 Å². The minimum Gasteiger partial charge on any atom is -0.506 e. The Kier molecular flexibility index (Phi) is 2.93. The van der Waals surface area contributed by atoms with Crippen molar-refractivity contribution in [3.05, 3.63) is 23.8 Å². The van der Waals surface area contributed by atoms with E-state index in [1.54, 1.807) is 0 Å². The fourth-order valence-electron chi connectivity index (χ4n) is 1.78. The third-order valence-corrected chi connectivity index (χ3v) is 2.88. The van der Waals surface area contributed by atoms with Gasteiger partial charge in [0.1, 0.15) is 5.75 Å². The summed E-state index contributed by atoms with van der Waals surface area (Å²) in [7, 11) is 0. The lowest BCUT2D eigenvalue weighted by atomic mass is 10.2. The predicted molar refractivity (Wildman–Crippen MR) is 61.7 cm³/mol. The number of alkyl halides is 1. The van der Waals surface area contributed by atoms with Crippen molar-refractivity contribution in [2.24, 2.45) is 0 Å². The number of benzene rings is 1. The van der Waals surface area contributed by atoms with E-state index >= 15 is 0 Å². The minimum absolute atomic E-state index is 0.0275. The highest BCUT2D eigenvalue weighted by Gasteiger charge is 2.30. The smallest absolute Gasteiger partial charge is 0.335 e. The zero-order valence-corrected chi connectivity index (χ0v) is 9.52. The summed E-state index contributed by atoms with van der Waals surface area (Å²) in [5.74, 6) is -1.54. The Morgan fingerprint density at radius 1 is 1.47 bits per heavy atom. The molecule has 0 saturated carbocycles. The average Bonchev–Trinajstić information content (AvgIpc) is 2.57. The number of amides is 1. The number of phenols is 1. The lowest BCUT2D eigenvalue weighted by Gasteiger charge is -2.17. The molecule has 1 aliphatic heterocycles. The molecule has 1 aliphatic rings. The molecular weight excluding hydrogens is 246 g/mol. The molecule has 1 unspecified atom stereocenters. The van der Waals surface area contributed by atoms with Gasteiger partial charge in [0.2, 0.25) is 5.91 Å². The van der Waals surface area contributed by atoms with E-state index in [0.29, 0.717) is 12.2 Å². The van der Waals surface area contributed by atoms with Crippen molar-refractivity contribution >= 4 is 29.2 Å². The number of carboxylic acids is 1. The second-order valence-electron chi connectivity index (χ2n) is 3.81. The highest BCUT2D eigenvalue weighted by atomic mass is 35.5. The normalized spacial score (nSPS) is 19.7. The van der Waals surface area contributed by atoms with Gasteiger partial charge in [-0.25, -0.2) is 4.79 Å². The van der Waals surface area contributed by atoms with Crippen molar-refractivity contribution < 1.29 is 19.8 Å². The summed E-state index contributed by atoms with van der Waals surface area (Å²) in [6, 6.07) is 3.87. The van der Waals surface area contributed by atoms with Crippen LogP contribution in [-0.4, -0.2) is 34.0 Å². The first-order valence-electron chi connectivity index (χ1n) is 5.00. The monoisotopic (exact) mass is 255 g/mol. The van der Waals surface area contributed by atoms with Gasteiger partial charge in [-0.3, -0.25) is 4.79 Å². The van der Waals surface area contributed by atoms with Gasteiger partial charge >= 0.3 is 5.97 Å². The topological polar surface area (TPSA) is 77.8 Å². The van der Waals surface area contributed by atoms with Gasteiger partial charge in [-0.15, -0.1) is 11.6 Å². The van der Waals surface area contributed by atoms with Crippen molar-refractivity contribution in [1.82, 2.24) is 0 Å². The van der Waals surface area contributed by atoms with Gasteiger partial charge in [-0.2, -0.15) is 0 Å². The Labute approximate surface area is 102 Å². The third-order valence-electron chi connectivity index (χ3n) is 2.59. The predicted octanol–water partition coefficient (Wildman–Crippen LogP) is 1.43. The van der Waals surface area contributed by atoms with Crippen LogP contribution < -0.4 is 4.90 Å². The molecule has 2 rings (SSSR count). The number of halogens is 1. The Morgan fingerprint density at radius 2 is 2.18 bits per heavy atom. The SMILES string of the molecule is O=C(O)c1ccc(N2CC(Cl)CC2=O)c(O)c1. The molecule has 1 amide bonds. The number of carboxylic acid groups (broad SMARTS) is 1. The molecule has 0 aromatic heterocycles. The highest BCUT2D eigenvalue weighted by Crippen LogP contribution is 2.32. The number of carbonyl (C=O) groups is 2. The maximum absolute atomic E-state index is 11.6. The molecule has 0 spiro atoms. The average molecular weight is 256 g/mol. The summed E-state index contributed by atoms with van der Waals surface area (Å²) in [4.78, 5) is 23.6. The van der Waals surface area contributed by atoms with Gasteiger partial charge in [-0.1, -0.05) is 0 Å². The summed E-state index contributed by atoms with van der Waals surface area (Å²) in [6.07, 6.45) is 0.224.